The molecule has 0 bridgehead atoms. The highest BCUT2D eigenvalue weighted by Crippen LogP contribution is 2.34. The molecule has 1 aromatic carbocycles. The van der Waals surface area contributed by atoms with E-state index in [-0.39, 0.29) is 18.2 Å². The van der Waals surface area contributed by atoms with Gasteiger partial charge in [-0.1, -0.05) is 12.1 Å². The molecule has 0 spiro atoms. The summed E-state index contributed by atoms with van der Waals surface area (Å²) in [6, 6.07) is 8.84. The second-order valence-electron chi connectivity index (χ2n) is 6.72. The Labute approximate surface area is 165 Å². The number of fused-ring (bicyclic) bond motifs is 1. The van der Waals surface area contributed by atoms with Crippen LogP contribution >= 0.6 is 11.3 Å². The molecule has 2 aliphatic heterocycles. The highest BCUT2D eigenvalue weighted by Gasteiger charge is 2.40. The smallest absolute Gasteiger partial charge is 0.256 e. The van der Waals surface area contributed by atoms with Crippen molar-refractivity contribution in [3.05, 3.63) is 51.2 Å². The molecule has 1 N–H and O–H groups in total. The van der Waals surface area contributed by atoms with E-state index in [1.165, 1.54) is 11.3 Å². The molecule has 1 atom stereocenters. The Hall–Kier alpha value is -3.18. The lowest BCUT2D eigenvalue weighted by Gasteiger charge is -2.29. The zero-order chi connectivity index (χ0) is 19.7. The first-order chi connectivity index (χ1) is 13.6. The van der Waals surface area contributed by atoms with Crippen LogP contribution in [0.1, 0.15) is 39.2 Å². The van der Waals surface area contributed by atoms with Gasteiger partial charge >= 0.3 is 0 Å². The predicted octanol–water partition coefficient (Wildman–Crippen LogP) is 2.15. The van der Waals surface area contributed by atoms with Crippen molar-refractivity contribution in [1.29, 1.82) is 5.26 Å². The summed E-state index contributed by atoms with van der Waals surface area (Å²) in [6.45, 7) is 0.678. The molecule has 0 aliphatic carbocycles. The number of nitriles is 1. The van der Waals surface area contributed by atoms with Gasteiger partial charge in [-0.15, -0.1) is 11.3 Å². The van der Waals surface area contributed by atoms with Crippen molar-refractivity contribution >= 4 is 29.1 Å². The van der Waals surface area contributed by atoms with Crippen LogP contribution < -0.4 is 10.1 Å². The first-order valence-corrected chi connectivity index (χ1v) is 9.77. The summed E-state index contributed by atoms with van der Waals surface area (Å²) in [5.41, 5.74) is 2.43. The van der Waals surface area contributed by atoms with Crippen LogP contribution in [0.5, 0.6) is 5.75 Å². The van der Waals surface area contributed by atoms with Crippen molar-refractivity contribution in [2.45, 2.75) is 38.5 Å². The third-order valence-electron chi connectivity index (χ3n) is 4.96. The van der Waals surface area contributed by atoms with Crippen LogP contribution in [0.15, 0.2) is 29.6 Å². The average Bonchev–Trinajstić information content (AvgIpc) is 3.22. The van der Waals surface area contributed by atoms with Crippen LogP contribution in [0.2, 0.25) is 0 Å². The minimum absolute atomic E-state index is 0.173. The molecule has 28 heavy (non-hydrogen) atoms. The van der Waals surface area contributed by atoms with Crippen LogP contribution in [0, 0.1) is 11.3 Å². The zero-order valence-electron chi connectivity index (χ0n) is 14.9. The van der Waals surface area contributed by atoms with E-state index in [1.807, 2.05) is 24.3 Å². The summed E-state index contributed by atoms with van der Waals surface area (Å²) in [5.74, 6) is -0.186. The number of nitrogens with zero attached hydrogens (tertiary/aromatic N) is 2. The molecule has 8 heteroatoms. The number of imide groups is 1. The lowest BCUT2D eigenvalue weighted by molar-refractivity contribution is -0.136. The topological polar surface area (TPSA) is 99.5 Å². The number of nitrogens with one attached hydrogen (secondary N) is 1. The van der Waals surface area contributed by atoms with E-state index in [4.69, 9.17) is 10.00 Å². The van der Waals surface area contributed by atoms with E-state index in [0.717, 1.165) is 16.0 Å². The molecule has 3 heterocycles. The summed E-state index contributed by atoms with van der Waals surface area (Å²) in [4.78, 5) is 38.7. The van der Waals surface area contributed by atoms with Crippen molar-refractivity contribution in [3.63, 3.8) is 0 Å². The zero-order valence-corrected chi connectivity index (χ0v) is 15.8. The Morgan fingerprint density at radius 1 is 1.25 bits per heavy atom. The molecule has 3 amide bonds. The van der Waals surface area contributed by atoms with Crippen molar-refractivity contribution < 1.29 is 19.1 Å². The minimum atomic E-state index is -0.607. The van der Waals surface area contributed by atoms with Gasteiger partial charge in [0.05, 0.1) is 18.1 Å². The van der Waals surface area contributed by atoms with Gasteiger partial charge in [0.25, 0.3) is 5.91 Å². The van der Waals surface area contributed by atoms with Crippen molar-refractivity contribution in [1.82, 2.24) is 10.2 Å². The third kappa shape index (κ3) is 3.37. The van der Waals surface area contributed by atoms with Crippen LogP contribution in [0.25, 0.3) is 0 Å². The third-order valence-corrected chi connectivity index (χ3v) is 5.97. The Balaban J connectivity index is 1.44. The summed E-state index contributed by atoms with van der Waals surface area (Å²) in [6.07, 6.45) is 0.951. The average molecular weight is 395 g/mol. The van der Waals surface area contributed by atoms with Crippen LogP contribution in [0.3, 0.4) is 0 Å². The van der Waals surface area contributed by atoms with E-state index in [0.29, 0.717) is 37.3 Å². The first kappa shape index (κ1) is 18.2. The van der Waals surface area contributed by atoms with Crippen molar-refractivity contribution in [2.24, 2.45) is 0 Å². The summed E-state index contributed by atoms with van der Waals surface area (Å²) < 4.78 is 5.83. The molecule has 1 saturated heterocycles. The fourth-order valence-electron chi connectivity index (χ4n) is 3.47. The number of ether oxygens (including phenoxy) is 1. The molecular weight excluding hydrogens is 378 g/mol. The van der Waals surface area contributed by atoms with Gasteiger partial charge in [-0.3, -0.25) is 19.7 Å². The minimum Gasteiger partial charge on any atom is -0.488 e. The van der Waals surface area contributed by atoms with E-state index in [2.05, 4.69) is 11.4 Å². The molecule has 0 saturated carbocycles. The largest absolute Gasteiger partial charge is 0.488 e. The molecule has 7 nitrogen and oxygen atoms in total. The van der Waals surface area contributed by atoms with Crippen LogP contribution in [-0.2, 0) is 29.2 Å². The second-order valence-corrected chi connectivity index (χ2v) is 7.68. The maximum Gasteiger partial charge on any atom is 0.256 e. The summed E-state index contributed by atoms with van der Waals surface area (Å²) in [7, 11) is 0. The normalized spacial score (nSPS) is 18.6. The Morgan fingerprint density at radius 2 is 2.04 bits per heavy atom. The maximum absolute atomic E-state index is 12.7. The SMILES string of the molecule is N#CCc1ccc(OCc2scc3c2CN(C2CCC(=O)NC2=O)C3=O)cc1. The maximum atomic E-state index is 12.7. The molecule has 1 aromatic heterocycles. The molecule has 1 unspecified atom stereocenters. The Kier molecular flexibility index (Phi) is 4.84. The number of piperidine rings is 1. The molecule has 2 aliphatic rings. The van der Waals surface area contributed by atoms with Gasteiger partial charge in [-0.2, -0.15) is 5.26 Å². The summed E-state index contributed by atoms with van der Waals surface area (Å²) in [5, 5.41) is 12.8. The van der Waals surface area contributed by atoms with Gasteiger partial charge in [-0.25, -0.2) is 0 Å². The fraction of sp³-hybridized carbons (Fsp3) is 0.300. The van der Waals surface area contributed by atoms with E-state index < -0.39 is 11.9 Å². The van der Waals surface area contributed by atoms with Gasteiger partial charge in [-0.05, 0) is 24.1 Å². The van der Waals surface area contributed by atoms with Gasteiger partial charge in [0, 0.05) is 28.8 Å². The molecular formula is C20H17N3O4S. The lowest BCUT2D eigenvalue weighted by atomic mass is 10.0. The van der Waals surface area contributed by atoms with Gasteiger partial charge < -0.3 is 9.64 Å². The highest BCUT2D eigenvalue weighted by atomic mass is 32.1. The quantitative estimate of drug-likeness (QED) is 0.782. The standard InChI is InChI=1S/C20H17N3O4S/c21-8-7-12-1-3-13(4-2-12)27-10-17-14-9-23(20(26)15(14)11-28-17)16-5-6-18(24)22-19(16)25/h1-4,11,16H,5-7,9-10H2,(H,22,24,25). The van der Waals surface area contributed by atoms with E-state index in [1.54, 1.807) is 10.3 Å². The number of benzene rings is 1. The fourth-order valence-corrected chi connectivity index (χ4v) is 4.42. The van der Waals surface area contributed by atoms with E-state index >= 15 is 0 Å². The van der Waals surface area contributed by atoms with E-state index in [9.17, 15) is 14.4 Å². The number of amides is 3. The molecule has 4 rings (SSSR count). The van der Waals surface area contributed by atoms with Crippen LogP contribution in [0.4, 0.5) is 0 Å². The number of carbonyl (C=O) groups excluding carboxylic acids is 3. The van der Waals surface area contributed by atoms with Gasteiger partial charge in [0.2, 0.25) is 11.8 Å². The number of carbonyl (C=O) groups is 3. The first-order valence-electron chi connectivity index (χ1n) is 8.89. The highest BCUT2D eigenvalue weighted by molar-refractivity contribution is 7.10. The predicted molar refractivity (Wildman–Crippen MR) is 100 cm³/mol. The second kappa shape index (κ2) is 7.44. The number of hydrogen-bond donors (Lipinski definition) is 1. The van der Waals surface area contributed by atoms with Crippen LogP contribution in [-0.4, -0.2) is 28.7 Å². The number of thiophene rings is 1. The molecule has 0 radical (unpaired) electrons. The number of rotatable bonds is 5. The molecule has 2 aromatic rings. The van der Waals surface area contributed by atoms with Gasteiger partial charge in [0.15, 0.2) is 0 Å². The Bertz CT molecular complexity index is 990. The van der Waals surface area contributed by atoms with Crippen molar-refractivity contribution in [2.75, 3.05) is 0 Å². The molecule has 142 valence electrons. The lowest BCUT2D eigenvalue weighted by Crippen LogP contribution is -2.52. The summed E-state index contributed by atoms with van der Waals surface area (Å²) >= 11 is 1.47. The monoisotopic (exact) mass is 395 g/mol. The molecule has 1 fully saturated rings. The van der Waals surface area contributed by atoms with Gasteiger partial charge in [0.1, 0.15) is 18.4 Å². The Morgan fingerprint density at radius 3 is 2.75 bits per heavy atom. The number of hydrogen-bond acceptors (Lipinski definition) is 6. The van der Waals surface area contributed by atoms with Crippen molar-refractivity contribution in [3.8, 4) is 11.8 Å².